The predicted molar refractivity (Wildman–Crippen MR) is 117 cm³/mol. The van der Waals surface area contributed by atoms with Crippen LogP contribution in [-0.2, 0) is 6.18 Å². The van der Waals surface area contributed by atoms with Crippen LogP contribution in [0.5, 0.6) is 5.75 Å². The first-order chi connectivity index (χ1) is 16.1. The Kier molecular flexibility index (Phi) is 6.80. The first kappa shape index (κ1) is 24.0. The van der Waals surface area contributed by atoms with Crippen LogP contribution in [0.1, 0.15) is 39.7 Å². The molecule has 0 spiro atoms. The molecular formula is C22H21F4N5O2S. The molecule has 1 aromatic carbocycles. The highest BCUT2D eigenvalue weighted by Crippen LogP contribution is 2.36. The summed E-state index contributed by atoms with van der Waals surface area (Å²) in [5, 5.41) is 3.25. The summed E-state index contributed by atoms with van der Waals surface area (Å²) >= 11 is 1.37. The highest BCUT2D eigenvalue weighted by molar-refractivity contribution is 7.15. The van der Waals surface area contributed by atoms with Crippen molar-refractivity contribution in [3.05, 3.63) is 58.6 Å². The van der Waals surface area contributed by atoms with Crippen LogP contribution in [0, 0.1) is 6.92 Å². The number of aromatic nitrogens is 3. The van der Waals surface area contributed by atoms with E-state index in [0.29, 0.717) is 16.3 Å². The number of halogens is 4. The molecule has 1 aliphatic rings. The van der Waals surface area contributed by atoms with Crippen LogP contribution in [0.15, 0.2) is 36.7 Å². The third-order valence-corrected chi connectivity index (χ3v) is 6.07. The van der Waals surface area contributed by atoms with Crippen molar-refractivity contribution in [1.29, 1.82) is 0 Å². The zero-order valence-electron chi connectivity index (χ0n) is 18.3. The highest BCUT2D eigenvalue weighted by Gasteiger charge is 2.35. The monoisotopic (exact) mass is 495 g/mol. The number of carbonyl (C=O) groups excluding carboxylic acids is 1. The maximum atomic E-state index is 13.2. The van der Waals surface area contributed by atoms with E-state index in [0.717, 1.165) is 11.1 Å². The molecule has 12 heteroatoms. The lowest BCUT2D eigenvalue weighted by molar-refractivity contribution is -0.145. The van der Waals surface area contributed by atoms with Crippen LogP contribution in [0.3, 0.4) is 0 Å². The van der Waals surface area contributed by atoms with E-state index in [2.05, 4.69) is 20.3 Å². The zero-order chi connectivity index (χ0) is 24.5. The van der Waals surface area contributed by atoms with Gasteiger partial charge in [-0.25, -0.2) is 19.3 Å². The predicted octanol–water partition coefficient (Wildman–Crippen LogP) is 4.41. The van der Waals surface area contributed by atoms with Gasteiger partial charge in [0.25, 0.3) is 5.91 Å². The second-order valence-corrected chi connectivity index (χ2v) is 9.09. The standard InChI is InChI=1S/C22H21F4N5O2S/c1-12-8-28-20(34-12)18-15(4-3-5-17(18)33-11-31-9-14(23)10-31)19(32)29-13(2)16-6-7-27-21(30-16)22(24,25)26/h3-8,13-14H,9-11H2,1-2H3,(H,29,32)/t13-/m1/s1. The Bertz CT molecular complexity index is 1180. The minimum atomic E-state index is -4.69. The highest BCUT2D eigenvalue weighted by atomic mass is 32.1. The summed E-state index contributed by atoms with van der Waals surface area (Å²) in [6.45, 7) is 4.12. The maximum absolute atomic E-state index is 13.2. The number of alkyl halides is 4. The quantitative estimate of drug-likeness (QED) is 0.490. The minimum absolute atomic E-state index is 0.0216. The molecule has 3 heterocycles. The first-order valence-electron chi connectivity index (χ1n) is 10.4. The van der Waals surface area contributed by atoms with Crippen molar-refractivity contribution in [2.75, 3.05) is 19.8 Å². The molecule has 0 radical (unpaired) electrons. The molecule has 1 aliphatic heterocycles. The molecule has 0 aliphatic carbocycles. The number of carbonyl (C=O) groups is 1. The fraction of sp³-hybridized carbons (Fsp3) is 0.364. The van der Waals surface area contributed by atoms with Gasteiger partial charge >= 0.3 is 6.18 Å². The zero-order valence-corrected chi connectivity index (χ0v) is 19.1. The molecule has 1 amide bonds. The number of hydrogen-bond acceptors (Lipinski definition) is 7. The summed E-state index contributed by atoms with van der Waals surface area (Å²) in [6, 6.07) is 5.41. The third-order valence-electron chi connectivity index (χ3n) is 5.14. The molecule has 1 saturated heterocycles. The number of nitrogens with zero attached hydrogens (tertiary/aromatic N) is 4. The summed E-state index contributed by atoms with van der Waals surface area (Å²) in [5.74, 6) is -1.40. The molecule has 3 aromatic rings. The van der Waals surface area contributed by atoms with Crippen LogP contribution >= 0.6 is 11.3 Å². The van der Waals surface area contributed by atoms with E-state index in [1.165, 1.54) is 24.3 Å². The van der Waals surface area contributed by atoms with Gasteiger partial charge in [0.05, 0.1) is 22.9 Å². The number of ether oxygens (including phenoxy) is 1. The van der Waals surface area contributed by atoms with Gasteiger partial charge < -0.3 is 10.1 Å². The van der Waals surface area contributed by atoms with Crippen LogP contribution < -0.4 is 10.1 Å². The molecule has 0 bridgehead atoms. The normalized spacial score (nSPS) is 15.6. The van der Waals surface area contributed by atoms with E-state index in [4.69, 9.17) is 4.74 Å². The molecular weight excluding hydrogens is 474 g/mol. The van der Waals surface area contributed by atoms with Gasteiger partial charge in [-0.3, -0.25) is 9.69 Å². The lowest BCUT2D eigenvalue weighted by atomic mass is 10.1. The van der Waals surface area contributed by atoms with Gasteiger partial charge in [0, 0.05) is 30.4 Å². The van der Waals surface area contributed by atoms with Gasteiger partial charge in [-0.15, -0.1) is 11.3 Å². The van der Waals surface area contributed by atoms with E-state index >= 15 is 0 Å². The minimum Gasteiger partial charge on any atom is -0.477 e. The van der Waals surface area contributed by atoms with Crippen molar-refractivity contribution in [2.45, 2.75) is 32.2 Å². The van der Waals surface area contributed by atoms with E-state index in [1.807, 2.05) is 6.92 Å². The average molecular weight is 496 g/mol. The van der Waals surface area contributed by atoms with Crippen molar-refractivity contribution in [3.63, 3.8) is 0 Å². The van der Waals surface area contributed by atoms with Gasteiger partial charge in [0.1, 0.15) is 23.7 Å². The molecule has 34 heavy (non-hydrogen) atoms. The van der Waals surface area contributed by atoms with Gasteiger partial charge in [0.15, 0.2) is 0 Å². The lowest BCUT2D eigenvalue weighted by Gasteiger charge is -2.33. The maximum Gasteiger partial charge on any atom is 0.451 e. The van der Waals surface area contributed by atoms with E-state index in [9.17, 15) is 22.4 Å². The number of benzene rings is 1. The van der Waals surface area contributed by atoms with Crippen LogP contribution in [0.25, 0.3) is 10.6 Å². The number of hydrogen-bond donors (Lipinski definition) is 1. The van der Waals surface area contributed by atoms with Crippen molar-refractivity contribution in [1.82, 2.24) is 25.2 Å². The summed E-state index contributed by atoms with van der Waals surface area (Å²) < 4.78 is 57.9. The smallest absolute Gasteiger partial charge is 0.451 e. The number of likely N-dealkylation sites (tertiary alicyclic amines) is 1. The third kappa shape index (κ3) is 5.33. The first-order valence-corrected chi connectivity index (χ1v) is 11.2. The molecule has 0 unspecified atom stereocenters. The van der Waals surface area contributed by atoms with Crippen molar-refractivity contribution in [3.8, 4) is 16.3 Å². The van der Waals surface area contributed by atoms with E-state index in [1.54, 1.807) is 29.3 Å². The number of nitrogens with one attached hydrogen (secondary N) is 1. The van der Waals surface area contributed by atoms with E-state index < -0.39 is 30.1 Å². The molecule has 7 nitrogen and oxygen atoms in total. The molecule has 0 saturated carbocycles. The summed E-state index contributed by atoms with van der Waals surface area (Å²) in [7, 11) is 0. The van der Waals surface area contributed by atoms with Gasteiger partial charge in [0.2, 0.25) is 5.82 Å². The lowest BCUT2D eigenvalue weighted by Crippen LogP contribution is -2.49. The average Bonchev–Trinajstić information content (AvgIpc) is 3.21. The molecule has 2 aromatic heterocycles. The summed E-state index contributed by atoms with van der Waals surface area (Å²) in [5.41, 5.74) is 0.727. The van der Waals surface area contributed by atoms with Gasteiger partial charge in [-0.05, 0) is 32.0 Å². The SMILES string of the molecule is Cc1cnc(-c2c(OCN3CC(F)C3)cccc2C(=O)N[C@H](C)c2ccnc(C(F)(F)F)n2)s1. The molecule has 1 fully saturated rings. The Labute approximate surface area is 196 Å². The molecule has 180 valence electrons. The number of rotatable bonds is 7. The molecule has 1 N–H and O–H groups in total. The second-order valence-electron chi connectivity index (χ2n) is 7.86. The fourth-order valence-corrected chi connectivity index (χ4v) is 4.23. The largest absolute Gasteiger partial charge is 0.477 e. The van der Waals surface area contributed by atoms with Crippen molar-refractivity contribution >= 4 is 17.2 Å². The number of aryl methyl sites for hydroxylation is 1. The van der Waals surface area contributed by atoms with Crippen LogP contribution in [-0.4, -0.2) is 51.8 Å². The van der Waals surface area contributed by atoms with Crippen LogP contribution in [0.2, 0.25) is 0 Å². The van der Waals surface area contributed by atoms with Crippen molar-refractivity contribution < 1.29 is 27.1 Å². The Morgan fingerprint density at radius 3 is 2.71 bits per heavy atom. The Balaban J connectivity index is 1.60. The topological polar surface area (TPSA) is 80.2 Å². The van der Waals surface area contributed by atoms with Gasteiger partial charge in [-0.1, -0.05) is 6.07 Å². The molecule has 1 atom stereocenters. The summed E-state index contributed by atoms with van der Waals surface area (Å²) in [4.78, 5) is 27.1. The van der Waals surface area contributed by atoms with E-state index in [-0.39, 0.29) is 31.1 Å². The Morgan fingerprint density at radius 2 is 2.06 bits per heavy atom. The molecule has 4 rings (SSSR count). The number of amides is 1. The fourth-order valence-electron chi connectivity index (χ4n) is 3.40. The van der Waals surface area contributed by atoms with Crippen molar-refractivity contribution in [2.24, 2.45) is 0 Å². The Hall–Kier alpha value is -3.12. The summed E-state index contributed by atoms with van der Waals surface area (Å²) in [6.07, 6.45) is -2.89. The van der Waals surface area contributed by atoms with Gasteiger partial charge in [-0.2, -0.15) is 13.2 Å². The Morgan fingerprint density at radius 1 is 1.29 bits per heavy atom. The number of thiazole rings is 1. The second kappa shape index (κ2) is 9.63. The van der Waals surface area contributed by atoms with Crippen LogP contribution in [0.4, 0.5) is 17.6 Å².